The Morgan fingerprint density at radius 1 is 1.12 bits per heavy atom. The van der Waals surface area contributed by atoms with E-state index in [2.05, 4.69) is 31.9 Å². The molecule has 0 saturated carbocycles. The quantitative estimate of drug-likeness (QED) is 0.708. The van der Waals surface area contributed by atoms with E-state index in [1.54, 1.807) is 18.2 Å². The molecule has 6 nitrogen and oxygen atoms in total. The van der Waals surface area contributed by atoms with Gasteiger partial charge < -0.3 is 16.0 Å². The molecular formula is C16H16BrN3O3S. The van der Waals surface area contributed by atoms with E-state index < -0.39 is 0 Å². The van der Waals surface area contributed by atoms with Gasteiger partial charge in [-0.15, -0.1) is 11.3 Å². The smallest absolute Gasteiger partial charge is 0.261 e. The van der Waals surface area contributed by atoms with Crippen LogP contribution in [0.15, 0.2) is 34.8 Å². The molecule has 0 radical (unpaired) electrons. The van der Waals surface area contributed by atoms with Gasteiger partial charge in [0.25, 0.3) is 5.91 Å². The molecule has 24 heavy (non-hydrogen) atoms. The first-order valence-electron chi connectivity index (χ1n) is 7.07. The summed E-state index contributed by atoms with van der Waals surface area (Å²) < 4.78 is 0.930. The van der Waals surface area contributed by atoms with Gasteiger partial charge in [-0.05, 0) is 42.8 Å². The highest BCUT2D eigenvalue weighted by molar-refractivity contribution is 9.10. The number of hydrogen-bond acceptors (Lipinski definition) is 4. The van der Waals surface area contributed by atoms with Crippen molar-refractivity contribution < 1.29 is 14.4 Å². The second-order valence-electron chi connectivity index (χ2n) is 5.04. The molecule has 3 N–H and O–H groups in total. The van der Waals surface area contributed by atoms with Crippen molar-refractivity contribution in [2.75, 3.05) is 17.2 Å². The summed E-state index contributed by atoms with van der Waals surface area (Å²) in [6.07, 6.45) is 0. The number of anilines is 2. The fourth-order valence-electron chi connectivity index (χ4n) is 1.91. The van der Waals surface area contributed by atoms with E-state index in [4.69, 9.17) is 0 Å². The van der Waals surface area contributed by atoms with Crippen LogP contribution in [0.4, 0.5) is 10.7 Å². The van der Waals surface area contributed by atoms with Crippen molar-refractivity contribution in [1.29, 1.82) is 0 Å². The lowest BCUT2D eigenvalue weighted by atomic mass is 10.2. The van der Waals surface area contributed by atoms with Crippen LogP contribution in [-0.2, 0) is 9.59 Å². The minimum atomic E-state index is -0.362. The van der Waals surface area contributed by atoms with Gasteiger partial charge >= 0.3 is 0 Å². The third-order valence-corrected chi connectivity index (χ3v) is 4.49. The molecule has 3 amide bonds. The fourth-order valence-corrected chi connectivity index (χ4v) is 3.25. The molecule has 0 bridgehead atoms. The average molecular weight is 410 g/mol. The van der Waals surface area contributed by atoms with E-state index in [0.29, 0.717) is 15.6 Å². The lowest BCUT2D eigenvalue weighted by Gasteiger charge is -2.09. The van der Waals surface area contributed by atoms with Crippen LogP contribution in [0.5, 0.6) is 0 Å². The van der Waals surface area contributed by atoms with Crippen molar-refractivity contribution >= 4 is 55.7 Å². The highest BCUT2D eigenvalue weighted by atomic mass is 79.9. The monoisotopic (exact) mass is 409 g/mol. The third-order valence-electron chi connectivity index (χ3n) is 3.00. The summed E-state index contributed by atoms with van der Waals surface area (Å²) in [5.41, 5.74) is 1.61. The summed E-state index contributed by atoms with van der Waals surface area (Å²) in [6, 6.07) is 8.76. The number of aryl methyl sites for hydroxylation is 1. The Balaban J connectivity index is 1.88. The first kappa shape index (κ1) is 18.2. The van der Waals surface area contributed by atoms with Gasteiger partial charge in [0, 0.05) is 17.1 Å². The first-order valence-corrected chi connectivity index (χ1v) is 8.67. The number of thiophene rings is 1. The molecule has 0 aliphatic heterocycles. The molecule has 0 unspecified atom stereocenters. The molecule has 1 aromatic heterocycles. The summed E-state index contributed by atoms with van der Waals surface area (Å²) in [7, 11) is 0. The minimum Gasteiger partial charge on any atom is -0.342 e. The molecule has 126 valence electrons. The average Bonchev–Trinajstić information content (AvgIpc) is 2.95. The number of benzene rings is 1. The van der Waals surface area contributed by atoms with Crippen molar-refractivity contribution in [3.63, 3.8) is 0 Å². The standard InChI is InChI=1S/C16H16BrN3O3S/c1-9-7-11(17)3-4-12(9)20-14(22)8-18-16(23)13-5-6-15(24-13)19-10(2)21/h3-7H,8H2,1-2H3,(H,18,23)(H,19,21)(H,20,22). The Hall–Kier alpha value is -2.19. The Bertz CT molecular complexity index is 789. The Kier molecular flexibility index (Phi) is 6.10. The maximum Gasteiger partial charge on any atom is 0.261 e. The van der Waals surface area contributed by atoms with Crippen LogP contribution in [0.2, 0.25) is 0 Å². The third kappa shape index (κ3) is 5.17. The normalized spacial score (nSPS) is 10.1. The van der Waals surface area contributed by atoms with Gasteiger partial charge in [-0.2, -0.15) is 0 Å². The number of halogens is 1. The van der Waals surface area contributed by atoms with Gasteiger partial charge in [0.1, 0.15) is 0 Å². The number of rotatable bonds is 5. The fraction of sp³-hybridized carbons (Fsp3) is 0.188. The maximum atomic E-state index is 12.0. The molecular weight excluding hydrogens is 394 g/mol. The molecule has 0 saturated heterocycles. The SMILES string of the molecule is CC(=O)Nc1ccc(C(=O)NCC(=O)Nc2ccc(Br)cc2C)s1. The molecule has 0 fully saturated rings. The largest absolute Gasteiger partial charge is 0.342 e. The van der Waals surface area contributed by atoms with Gasteiger partial charge in [0.2, 0.25) is 11.8 Å². The molecule has 0 atom stereocenters. The maximum absolute atomic E-state index is 12.0. The molecule has 1 aromatic carbocycles. The van der Waals surface area contributed by atoms with Crippen molar-refractivity contribution in [3.8, 4) is 0 Å². The van der Waals surface area contributed by atoms with Crippen LogP contribution < -0.4 is 16.0 Å². The van der Waals surface area contributed by atoms with Crippen LogP contribution >= 0.6 is 27.3 Å². The van der Waals surface area contributed by atoms with E-state index in [-0.39, 0.29) is 24.3 Å². The van der Waals surface area contributed by atoms with Crippen LogP contribution in [0.1, 0.15) is 22.2 Å². The Morgan fingerprint density at radius 3 is 2.54 bits per heavy atom. The number of carbonyl (C=O) groups excluding carboxylic acids is 3. The minimum absolute atomic E-state index is 0.137. The summed E-state index contributed by atoms with van der Waals surface area (Å²) >= 11 is 4.51. The van der Waals surface area contributed by atoms with Crippen molar-refractivity contribution in [1.82, 2.24) is 5.32 Å². The van der Waals surface area contributed by atoms with Crippen LogP contribution in [0.25, 0.3) is 0 Å². The zero-order valence-electron chi connectivity index (χ0n) is 13.1. The molecule has 2 rings (SSSR count). The Morgan fingerprint density at radius 2 is 1.88 bits per heavy atom. The summed E-state index contributed by atoms with van der Waals surface area (Å²) in [4.78, 5) is 35.3. The second-order valence-corrected chi connectivity index (χ2v) is 7.03. The first-order chi connectivity index (χ1) is 11.3. The van der Waals surface area contributed by atoms with Gasteiger partial charge in [0.05, 0.1) is 16.4 Å². The predicted molar refractivity (Wildman–Crippen MR) is 98.5 cm³/mol. The number of hydrogen-bond donors (Lipinski definition) is 3. The van der Waals surface area contributed by atoms with Gasteiger partial charge in [-0.3, -0.25) is 14.4 Å². The highest BCUT2D eigenvalue weighted by Gasteiger charge is 2.12. The number of amides is 3. The predicted octanol–water partition coefficient (Wildman–Crippen LogP) is 3.15. The van der Waals surface area contributed by atoms with Crippen LogP contribution in [-0.4, -0.2) is 24.3 Å². The number of nitrogens with one attached hydrogen (secondary N) is 3. The summed E-state index contributed by atoms with van der Waals surface area (Å²) in [5.74, 6) is -0.875. The van der Waals surface area contributed by atoms with Gasteiger partial charge in [-0.25, -0.2) is 0 Å². The van der Waals surface area contributed by atoms with E-state index >= 15 is 0 Å². The molecule has 0 aliphatic rings. The zero-order chi connectivity index (χ0) is 17.7. The lowest BCUT2D eigenvalue weighted by molar-refractivity contribution is -0.115. The second kappa shape index (κ2) is 8.07. The highest BCUT2D eigenvalue weighted by Crippen LogP contribution is 2.22. The van der Waals surface area contributed by atoms with Crippen molar-refractivity contribution in [3.05, 3.63) is 45.2 Å². The molecule has 0 aliphatic carbocycles. The molecule has 1 heterocycles. The van der Waals surface area contributed by atoms with E-state index in [1.807, 2.05) is 19.1 Å². The zero-order valence-corrected chi connectivity index (χ0v) is 15.5. The van der Waals surface area contributed by atoms with E-state index in [1.165, 1.54) is 6.92 Å². The molecule has 2 aromatic rings. The Labute approximate surface area is 151 Å². The topological polar surface area (TPSA) is 87.3 Å². The molecule has 8 heteroatoms. The van der Waals surface area contributed by atoms with Gasteiger partial charge in [-0.1, -0.05) is 15.9 Å². The van der Waals surface area contributed by atoms with Gasteiger partial charge in [0.15, 0.2) is 0 Å². The van der Waals surface area contributed by atoms with E-state index in [0.717, 1.165) is 21.4 Å². The van der Waals surface area contributed by atoms with E-state index in [9.17, 15) is 14.4 Å². The lowest BCUT2D eigenvalue weighted by Crippen LogP contribution is -2.32. The summed E-state index contributed by atoms with van der Waals surface area (Å²) in [6.45, 7) is 3.14. The summed E-state index contributed by atoms with van der Waals surface area (Å²) in [5, 5.41) is 8.49. The molecule has 0 spiro atoms. The van der Waals surface area contributed by atoms with Crippen LogP contribution in [0, 0.1) is 6.92 Å². The van der Waals surface area contributed by atoms with Crippen molar-refractivity contribution in [2.45, 2.75) is 13.8 Å². The van der Waals surface area contributed by atoms with Crippen molar-refractivity contribution in [2.24, 2.45) is 0 Å². The number of carbonyl (C=O) groups is 3. The van der Waals surface area contributed by atoms with Crippen LogP contribution in [0.3, 0.4) is 0 Å².